The molecule has 1 fully saturated rings. The van der Waals surface area contributed by atoms with E-state index in [2.05, 4.69) is 10.2 Å². The van der Waals surface area contributed by atoms with Crippen molar-refractivity contribution in [1.29, 1.82) is 0 Å². The van der Waals surface area contributed by atoms with Gasteiger partial charge in [0.1, 0.15) is 5.69 Å². The molecule has 0 aliphatic carbocycles. The van der Waals surface area contributed by atoms with Crippen molar-refractivity contribution in [3.8, 4) is 0 Å². The van der Waals surface area contributed by atoms with Crippen LogP contribution in [0, 0.1) is 10.1 Å². The normalized spacial score (nSPS) is 17.4. The summed E-state index contributed by atoms with van der Waals surface area (Å²) < 4.78 is 0. The van der Waals surface area contributed by atoms with Crippen LogP contribution in [-0.4, -0.2) is 41.2 Å². The van der Waals surface area contributed by atoms with Gasteiger partial charge in [-0.1, -0.05) is 12.1 Å². The van der Waals surface area contributed by atoms with Crippen LogP contribution in [0.25, 0.3) is 0 Å². The van der Waals surface area contributed by atoms with Gasteiger partial charge in [-0.2, -0.15) is 0 Å². The summed E-state index contributed by atoms with van der Waals surface area (Å²) >= 11 is 0. The van der Waals surface area contributed by atoms with Crippen LogP contribution in [0.15, 0.2) is 18.2 Å². The third kappa shape index (κ3) is 3.21. The van der Waals surface area contributed by atoms with Crippen molar-refractivity contribution in [2.24, 2.45) is 0 Å². The topological polar surface area (TPSA) is 78.6 Å². The summed E-state index contributed by atoms with van der Waals surface area (Å²) in [6.45, 7) is 2.32. The quantitative estimate of drug-likeness (QED) is 0.638. The van der Waals surface area contributed by atoms with Crippen molar-refractivity contribution in [2.45, 2.75) is 25.5 Å². The van der Waals surface area contributed by atoms with E-state index in [1.807, 2.05) is 6.07 Å². The third-order valence-corrected chi connectivity index (χ3v) is 3.53. The van der Waals surface area contributed by atoms with Crippen molar-refractivity contribution in [2.75, 3.05) is 25.5 Å². The fraction of sp³-hybridized carbons (Fsp3) is 0.538. The Morgan fingerprint density at radius 1 is 1.47 bits per heavy atom. The molecule has 1 heterocycles. The highest BCUT2D eigenvalue weighted by Crippen LogP contribution is 2.29. The van der Waals surface area contributed by atoms with Crippen molar-refractivity contribution in [3.05, 3.63) is 33.9 Å². The number of aliphatic hydroxyl groups excluding tert-OH is 1. The smallest absolute Gasteiger partial charge is 0.292 e. The van der Waals surface area contributed by atoms with Gasteiger partial charge in [0.05, 0.1) is 11.0 Å². The van der Waals surface area contributed by atoms with Crippen molar-refractivity contribution in [1.82, 2.24) is 4.90 Å². The summed E-state index contributed by atoms with van der Waals surface area (Å²) in [5, 5.41) is 23.4. The number of nitro benzene ring substituents is 1. The van der Waals surface area contributed by atoms with E-state index in [0.29, 0.717) is 12.2 Å². The lowest BCUT2D eigenvalue weighted by atomic mass is 10.1. The molecule has 1 aliphatic heterocycles. The molecule has 2 rings (SSSR count). The molecule has 0 spiro atoms. The zero-order chi connectivity index (χ0) is 13.8. The fourth-order valence-electron chi connectivity index (χ4n) is 2.48. The maximum atomic E-state index is 11.0. The molecule has 0 radical (unpaired) electrons. The van der Waals surface area contributed by atoms with E-state index in [1.165, 1.54) is 6.07 Å². The Morgan fingerprint density at radius 2 is 2.16 bits per heavy atom. The highest BCUT2D eigenvalue weighted by Gasteiger charge is 2.21. The second-order valence-corrected chi connectivity index (χ2v) is 4.83. The van der Waals surface area contributed by atoms with Gasteiger partial charge < -0.3 is 10.4 Å². The van der Waals surface area contributed by atoms with Gasteiger partial charge in [0.2, 0.25) is 0 Å². The Labute approximate surface area is 112 Å². The summed E-state index contributed by atoms with van der Waals surface area (Å²) in [7, 11) is 1.70. The number of likely N-dealkylation sites (tertiary alicyclic amines) is 1. The molecule has 0 amide bonds. The minimum Gasteiger partial charge on any atom is -0.393 e. The van der Waals surface area contributed by atoms with E-state index in [0.717, 1.165) is 31.5 Å². The van der Waals surface area contributed by atoms with E-state index in [1.54, 1.807) is 13.1 Å². The lowest BCUT2D eigenvalue weighted by molar-refractivity contribution is -0.384. The Hall–Kier alpha value is -1.66. The number of nitrogens with one attached hydrogen (secondary N) is 1. The first-order valence-electron chi connectivity index (χ1n) is 6.46. The monoisotopic (exact) mass is 265 g/mol. The van der Waals surface area contributed by atoms with Crippen LogP contribution in [0.2, 0.25) is 0 Å². The molecule has 0 aromatic heterocycles. The summed E-state index contributed by atoms with van der Waals surface area (Å²) in [5.74, 6) is 0. The van der Waals surface area contributed by atoms with E-state index in [4.69, 9.17) is 0 Å². The molecule has 104 valence electrons. The zero-order valence-electron chi connectivity index (χ0n) is 11.0. The average Bonchev–Trinajstić information content (AvgIpc) is 2.41. The first-order chi connectivity index (χ1) is 9.11. The predicted molar refractivity (Wildman–Crippen MR) is 73.2 cm³/mol. The van der Waals surface area contributed by atoms with Gasteiger partial charge in [-0.05, 0) is 18.4 Å². The number of nitrogens with zero attached hydrogens (tertiary/aromatic N) is 2. The Balaban J connectivity index is 2.16. The lowest BCUT2D eigenvalue weighted by Crippen LogP contribution is -2.35. The first-order valence-corrected chi connectivity index (χ1v) is 6.46. The predicted octanol–water partition coefficient (Wildman–Crippen LogP) is 1.59. The van der Waals surface area contributed by atoms with Crippen LogP contribution in [0.4, 0.5) is 11.4 Å². The molecular weight excluding hydrogens is 246 g/mol. The molecule has 2 N–H and O–H groups in total. The largest absolute Gasteiger partial charge is 0.393 e. The number of aliphatic hydroxyl groups is 1. The van der Waals surface area contributed by atoms with Crippen molar-refractivity contribution < 1.29 is 10.0 Å². The molecule has 6 nitrogen and oxygen atoms in total. The third-order valence-electron chi connectivity index (χ3n) is 3.53. The molecule has 1 aromatic carbocycles. The van der Waals surface area contributed by atoms with Gasteiger partial charge >= 0.3 is 0 Å². The number of hydrogen-bond donors (Lipinski definition) is 2. The molecule has 1 saturated heterocycles. The van der Waals surface area contributed by atoms with Crippen LogP contribution in [0.1, 0.15) is 18.4 Å². The number of para-hydroxylation sites is 1. The minimum absolute atomic E-state index is 0.108. The zero-order valence-corrected chi connectivity index (χ0v) is 11.0. The standard InChI is InChI=1S/C13H19N3O3/c1-14-13-10(3-2-4-12(13)16(18)19)9-15-7-5-11(17)6-8-15/h2-4,11,14,17H,5-9H2,1H3. The van der Waals surface area contributed by atoms with Gasteiger partial charge in [0.25, 0.3) is 5.69 Å². The van der Waals surface area contributed by atoms with Crippen LogP contribution in [-0.2, 0) is 6.54 Å². The van der Waals surface area contributed by atoms with Gasteiger partial charge in [0, 0.05) is 32.7 Å². The van der Waals surface area contributed by atoms with Crippen LogP contribution in [0.5, 0.6) is 0 Å². The molecule has 0 atom stereocenters. The molecule has 19 heavy (non-hydrogen) atoms. The van der Waals surface area contributed by atoms with Crippen LogP contribution >= 0.6 is 0 Å². The maximum Gasteiger partial charge on any atom is 0.292 e. The summed E-state index contributed by atoms with van der Waals surface area (Å²) in [6, 6.07) is 5.13. The highest BCUT2D eigenvalue weighted by molar-refractivity contribution is 5.66. The first kappa shape index (κ1) is 13.8. The molecule has 1 aliphatic rings. The van der Waals surface area contributed by atoms with Gasteiger partial charge in [0.15, 0.2) is 0 Å². The molecule has 0 saturated carbocycles. The Morgan fingerprint density at radius 3 is 2.74 bits per heavy atom. The van der Waals surface area contributed by atoms with Crippen molar-refractivity contribution >= 4 is 11.4 Å². The summed E-state index contributed by atoms with van der Waals surface area (Å²) in [6.07, 6.45) is 1.33. The molecule has 0 unspecified atom stereocenters. The second-order valence-electron chi connectivity index (χ2n) is 4.83. The second kappa shape index (κ2) is 5.99. The molecule has 6 heteroatoms. The van der Waals surface area contributed by atoms with E-state index >= 15 is 0 Å². The van der Waals surface area contributed by atoms with Gasteiger partial charge in [-0.3, -0.25) is 15.0 Å². The fourth-order valence-corrected chi connectivity index (χ4v) is 2.48. The molecule has 0 bridgehead atoms. The maximum absolute atomic E-state index is 11.0. The number of benzene rings is 1. The van der Waals surface area contributed by atoms with Gasteiger partial charge in [-0.15, -0.1) is 0 Å². The summed E-state index contributed by atoms with van der Waals surface area (Å²) in [5.41, 5.74) is 1.61. The Kier molecular flexibility index (Phi) is 4.34. The number of anilines is 1. The SMILES string of the molecule is CNc1c(CN2CCC(O)CC2)cccc1[N+](=O)[O-]. The summed E-state index contributed by atoms with van der Waals surface area (Å²) in [4.78, 5) is 12.8. The highest BCUT2D eigenvalue weighted by atomic mass is 16.6. The Bertz CT molecular complexity index is 456. The number of rotatable bonds is 4. The van der Waals surface area contributed by atoms with Crippen LogP contribution < -0.4 is 5.32 Å². The molecular formula is C13H19N3O3. The van der Waals surface area contributed by atoms with Crippen molar-refractivity contribution in [3.63, 3.8) is 0 Å². The minimum atomic E-state index is -0.366. The number of piperidine rings is 1. The van der Waals surface area contributed by atoms with E-state index in [-0.39, 0.29) is 16.7 Å². The van der Waals surface area contributed by atoms with Crippen LogP contribution in [0.3, 0.4) is 0 Å². The lowest BCUT2D eigenvalue weighted by Gasteiger charge is -2.29. The average molecular weight is 265 g/mol. The van der Waals surface area contributed by atoms with E-state index < -0.39 is 0 Å². The number of nitro groups is 1. The van der Waals surface area contributed by atoms with Gasteiger partial charge in [-0.25, -0.2) is 0 Å². The van der Waals surface area contributed by atoms with E-state index in [9.17, 15) is 15.2 Å². The molecule has 1 aromatic rings. The number of hydrogen-bond acceptors (Lipinski definition) is 5.